The van der Waals surface area contributed by atoms with Crippen molar-refractivity contribution in [2.24, 2.45) is 0 Å². The van der Waals surface area contributed by atoms with Crippen LogP contribution in [0.3, 0.4) is 0 Å². The molecule has 0 fully saturated rings. The van der Waals surface area contributed by atoms with Crippen molar-refractivity contribution in [2.75, 3.05) is 30.3 Å². The molecule has 2 aromatic rings. The Labute approximate surface area is 210 Å². The summed E-state index contributed by atoms with van der Waals surface area (Å²) in [6.45, 7) is 6.14. The standard InChI is InChI=1S/C24H32BrN3O5S/c1-5-15-26-24(30)18(3)27(16-19-7-9-20(25)10-8-19)23(29)17-28(34(4,31)32)21-11-13-22(14-12-21)33-6-2/h7-14,18H,5-6,15-17H2,1-4H3,(H,26,30)/t18-/m1/s1. The molecule has 34 heavy (non-hydrogen) atoms. The van der Waals surface area contributed by atoms with Gasteiger partial charge in [-0.05, 0) is 62.2 Å². The number of hydrogen-bond donors (Lipinski definition) is 1. The number of ether oxygens (including phenoxy) is 1. The molecule has 2 rings (SSSR count). The van der Waals surface area contributed by atoms with E-state index < -0.39 is 28.5 Å². The Morgan fingerprint density at radius 2 is 1.68 bits per heavy atom. The third kappa shape index (κ3) is 8.02. The lowest BCUT2D eigenvalue weighted by molar-refractivity contribution is -0.139. The molecule has 186 valence electrons. The van der Waals surface area contributed by atoms with Gasteiger partial charge in [-0.3, -0.25) is 13.9 Å². The first kappa shape index (κ1) is 27.7. The molecule has 0 bridgehead atoms. The Morgan fingerprint density at radius 3 is 2.21 bits per heavy atom. The summed E-state index contributed by atoms with van der Waals surface area (Å²) in [6, 6.07) is 13.1. The fourth-order valence-corrected chi connectivity index (χ4v) is 4.37. The highest BCUT2D eigenvalue weighted by Crippen LogP contribution is 2.23. The molecule has 1 atom stereocenters. The molecule has 0 aliphatic heterocycles. The zero-order valence-corrected chi connectivity index (χ0v) is 22.4. The van der Waals surface area contributed by atoms with Crippen LogP contribution in [0.1, 0.15) is 32.8 Å². The molecule has 0 radical (unpaired) electrons. The van der Waals surface area contributed by atoms with E-state index in [2.05, 4.69) is 21.2 Å². The summed E-state index contributed by atoms with van der Waals surface area (Å²) in [4.78, 5) is 27.5. The molecule has 0 unspecified atom stereocenters. The largest absolute Gasteiger partial charge is 0.494 e. The number of anilines is 1. The number of carbonyl (C=O) groups excluding carboxylic acids is 2. The smallest absolute Gasteiger partial charge is 0.244 e. The Balaban J connectivity index is 2.33. The average Bonchev–Trinajstić information content (AvgIpc) is 2.80. The average molecular weight is 555 g/mol. The molecule has 0 aliphatic carbocycles. The van der Waals surface area contributed by atoms with Crippen LogP contribution in [0.25, 0.3) is 0 Å². The van der Waals surface area contributed by atoms with Crippen LogP contribution in [0.2, 0.25) is 0 Å². The van der Waals surface area contributed by atoms with Crippen molar-refractivity contribution in [3.8, 4) is 5.75 Å². The summed E-state index contributed by atoms with van der Waals surface area (Å²) in [6.07, 6.45) is 1.81. The SMILES string of the molecule is CCCNC(=O)[C@@H](C)N(Cc1ccc(Br)cc1)C(=O)CN(c1ccc(OCC)cc1)S(C)(=O)=O. The lowest BCUT2D eigenvalue weighted by Gasteiger charge is -2.31. The number of hydrogen-bond acceptors (Lipinski definition) is 5. The van der Waals surface area contributed by atoms with E-state index >= 15 is 0 Å². The second-order valence-corrected chi connectivity index (χ2v) is 10.6. The van der Waals surface area contributed by atoms with Crippen molar-refractivity contribution >= 4 is 43.5 Å². The minimum atomic E-state index is -3.77. The van der Waals surface area contributed by atoms with E-state index in [1.165, 1.54) is 4.90 Å². The minimum Gasteiger partial charge on any atom is -0.494 e. The number of amides is 2. The van der Waals surface area contributed by atoms with Crippen LogP contribution in [-0.4, -0.2) is 57.1 Å². The topological polar surface area (TPSA) is 96.0 Å². The van der Waals surface area contributed by atoms with Gasteiger partial charge in [0.15, 0.2) is 0 Å². The molecule has 0 saturated carbocycles. The Bertz CT molecular complexity index is 1060. The van der Waals surface area contributed by atoms with Crippen LogP contribution >= 0.6 is 15.9 Å². The van der Waals surface area contributed by atoms with Crippen LogP contribution in [-0.2, 0) is 26.2 Å². The van der Waals surface area contributed by atoms with E-state index in [0.717, 1.165) is 27.0 Å². The lowest BCUT2D eigenvalue weighted by atomic mass is 10.1. The van der Waals surface area contributed by atoms with Gasteiger partial charge < -0.3 is 15.0 Å². The Hall–Kier alpha value is -2.59. The third-order valence-corrected chi connectivity index (χ3v) is 6.77. The summed E-state index contributed by atoms with van der Waals surface area (Å²) in [5.41, 5.74) is 1.16. The zero-order chi connectivity index (χ0) is 25.3. The second-order valence-electron chi connectivity index (χ2n) is 7.81. The molecule has 2 amide bonds. The minimum absolute atomic E-state index is 0.160. The first-order chi connectivity index (χ1) is 16.1. The summed E-state index contributed by atoms with van der Waals surface area (Å²) in [7, 11) is -3.77. The predicted molar refractivity (Wildman–Crippen MR) is 137 cm³/mol. The number of benzene rings is 2. The maximum Gasteiger partial charge on any atom is 0.244 e. The number of halogens is 1. The molecule has 0 aromatic heterocycles. The first-order valence-electron chi connectivity index (χ1n) is 11.1. The zero-order valence-electron chi connectivity index (χ0n) is 20.0. The number of nitrogens with zero attached hydrogens (tertiary/aromatic N) is 2. The van der Waals surface area contributed by atoms with Crippen LogP contribution in [0.15, 0.2) is 53.0 Å². The van der Waals surface area contributed by atoms with Gasteiger partial charge in [0.1, 0.15) is 18.3 Å². The van der Waals surface area contributed by atoms with Crippen molar-refractivity contribution in [2.45, 2.75) is 39.8 Å². The van der Waals surface area contributed by atoms with E-state index in [1.807, 2.05) is 38.1 Å². The highest BCUT2D eigenvalue weighted by Gasteiger charge is 2.30. The molecule has 0 spiro atoms. The van der Waals surface area contributed by atoms with Crippen molar-refractivity contribution in [3.05, 3.63) is 58.6 Å². The summed E-state index contributed by atoms with van der Waals surface area (Å²) in [5.74, 6) is -0.176. The first-order valence-corrected chi connectivity index (χ1v) is 13.7. The molecular weight excluding hydrogens is 522 g/mol. The fraction of sp³-hybridized carbons (Fsp3) is 0.417. The molecule has 2 aromatic carbocycles. The van der Waals surface area contributed by atoms with Crippen LogP contribution < -0.4 is 14.4 Å². The van der Waals surface area contributed by atoms with Crippen molar-refractivity contribution in [3.63, 3.8) is 0 Å². The van der Waals surface area contributed by atoms with E-state index in [0.29, 0.717) is 24.6 Å². The summed E-state index contributed by atoms with van der Waals surface area (Å²) in [5, 5.41) is 2.81. The van der Waals surface area contributed by atoms with E-state index in [4.69, 9.17) is 4.74 Å². The van der Waals surface area contributed by atoms with Crippen LogP contribution in [0.5, 0.6) is 5.75 Å². The van der Waals surface area contributed by atoms with E-state index in [-0.39, 0.29) is 12.5 Å². The lowest BCUT2D eigenvalue weighted by Crippen LogP contribution is -2.51. The van der Waals surface area contributed by atoms with Gasteiger partial charge in [0.05, 0.1) is 18.6 Å². The van der Waals surface area contributed by atoms with E-state index in [1.54, 1.807) is 31.2 Å². The maximum atomic E-state index is 13.4. The molecule has 0 saturated heterocycles. The molecule has 1 N–H and O–H groups in total. The van der Waals surface area contributed by atoms with Gasteiger partial charge in [-0.25, -0.2) is 8.42 Å². The van der Waals surface area contributed by atoms with Gasteiger partial charge in [-0.15, -0.1) is 0 Å². The van der Waals surface area contributed by atoms with Gasteiger partial charge in [0, 0.05) is 17.6 Å². The summed E-state index contributed by atoms with van der Waals surface area (Å²) < 4.78 is 32.5. The summed E-state index contributed by atoms with van der Waals surface area (Å²) >= 11 is 3.39. The van der Waals surface area contributed by atoms with Crippen LogP contribution in [0, 0.1) is 0 Å². The molecule has 0 heterocycles. The Morgan fingerprint density at radius 1 is 1.06 bits per heavy atom. The molecule has 0 aliphatic rings. The number of carbonyl (C=O) groups is 2. The molecule has 10 heteroatoms. The highest BCUT2D eigenvalue weighted by molar-refractivity contribution is 9.10. The van der Waals surface area contributed by atoms with Gasteiger partial charge in [-0.2, -0.15) is 0 Å². The van der Waals surface area contributed by atoms with Crippen molar-refractivity contribution in [1.82, 2.24) is 10.2 Å². The van der Waals surface area contributed by atoms with Crippen molar-refractivity contribution < 1.29 is 22.7 Å². The molecule has 8 nitrogen and oxygen atoms in total. The number of sulfonamides is 1. The van der Waals surface area contributed by atoms with E-state index in [9.17, 15) is 18.0 Å². The predicted octanol–water partition coefficient (Wildman–Crippen LogP) is 3.56. The Kier molecular flexibility index (Phi) is 10.4. The van der Waals surface area contributed by atoms with Crippen molar-refractivity contribution in [1.29, 1.82) is 0 Å². The fourth-order valence-electron chi connectivity index (χ4n) is 3.25. The highest BCUT2D eigenvalue weighted by atomic mass is 79.9. The third-order valence-electron chi connectivity index (χ3n) is 5.10. The quantitative estimate of drug-likeness (QED) is 0.433. The maximum absolute atomic E-state index is 13.4. The molecular formula is C24H32BrN3O5S. The van der Waals surface area contributed by atoms with Gasteiger partial charge >= 0.3 is 0 Å². The number of rotatable bonds is 12. The monoisotopic (exact) mass is 553 g/mol. The van der Waals surface area contributed by atoms with Gasteiger partial charge in [-0.1, -0.05) is 35.0 Å². The second kappa shape index (κ2) is 12.8. The van der Waals surface area contributed by atoms with Gasteiger partial charge in [0.2, 0.25) is 21.8 Å². The van der Waals surface area contributed by atoms with Gasteiger partial charge in [0.25, 0.3) is 0 Å². The number of nitrogens with one attached hydrogen (secondary N) is 1. The normalized spacial score (nSPS) is 12.0. The van der Waals surface area contributed by atoms with Crippen LogP contribution in [0.4, 0.5) is 5.69 Å².